The second-order valence-electron chi connectivity index (χ2n) is 11.6. The molecular weight excluding hydrogens is 626 g/mol. The first-order chi connectivity index (χ1) is 21.8. The second kappa shape index (κ2) is 16.7. The summed E-state index contributed by atoms with van der Waals surface area (Å²) in [5, 5.41) is 18.2. The van der Waals surface area contributed by atoms with E-state index in [9.17, 15) is 9.59 Å². The second-order valence-corrected chi connectivity index (χ2v) is 16.5. The molecule has 11 nitrogen and oxygen atoms in total. The highest BCUT2D eigenvalue weighted by Gasteiger charge is 2.36. The molecule has 248 valence electrons. The van der Waals surface area contributed by atoms with E-state index in [0.717, 1.165) is 5.56 Å². The Hall–Kier alpha value is -3.76. The predicted octanol–water partition coefficient (Wildman–Crippen LogP) is 6.72. The quantitative estimate of drug-likeness (QED) is 0.169. The van der Waals surface area contributed by atoms with Crippen LogP contribution in [0.15, 0.2) is 53.8 Å². The largest absolute Gasteiger partial charge is 0.376 e. The van der Waals surface area contributed by atoms with Gasteiger partial charge in [0.1, 0.15) is 23.0 Å². The average Bonchev–Trinajstić information content (AvgIpc) is 3.43. The highest BCUT2D eigenvalue weighted by molar-refractivity contribution is 8.31. The number of anilines is 1. The van der Waals surface area contributed by atoms with E-state index >= 15 is 0 Å². The fourth-order valence-electron chi connectivity index (χ4n) is 5.24. The smallest absolute Gasteiger partial charge is 0.261 e. The molecule has 46 heavy (non-hydrogen) atoms. The minimum Gasteiger partial charge on any atom is -0.376 e. The zero-order valence-corrected chi connectivity index (χ0v) is 29.3. The summed E-state index contributed by atoms with van der Waals surface area (Å²) in [7, 11) is -1.19. The van der Waals surface area contributed by atoms with Crippen molar-refractivity contribution in [2.24, 2.45) is 0 Å². The predicted molar refractivity (Wildman–Crippen MR) is 186 cm³/mol. The van der Waals surface area contributed by atoms with E-state index in [1.807, 2.05) is 26.0 Å². The monoisotopic (exact) mass is 669 g/mol. The van der Waals surface area contributed by atoms with Crippen molar-refractivity contribution >= 4 is 44.7 Å². The number of aromatic amines is 1. The summed E-state index contributed by atoms with van der Waals surface area (Å²) >= 11 is 6.11. The molecule has 0 aliphatic carbocycles. The fourth-order valence-corrected chi connectivity index (χ4v) is 10.0. The van der Waals surface area contributed by atoms with Gasteiger partial charge in [0.2, 0.25) is 5.91 Å². The van der Waals surface area contributed by atoms with Crippen LogP contribution < -0.4 is 10.9 Å². The van der Waals surface area contributed by atoms with Gasteiger partial charge in [0.05, 0.1) is 48.8 Å². The Labute approximate surface area is 277 Å². The van der Waals surface area contributed by atoms with Gasteiger partial charge in [0.15, 0.2) is 5.65 Å². The number of amides is 1. The molecule has 0 aliphatic rings. The molecule has 0 saturated heterocycles. The van der Waals surface area contributed by atoms with Gasteiger partial charge in [-0.25, -0.2) is 14.6 Å². The number of halogens is 1. The Morgan fingerprint density at radius 2 is 1.76 bits per heavy atom. The van der Waals surface area contributed by atoms with Crippen molar-refractivity contribution in [3.8, 4) is 11.8 Å². The lowest BCUT2D eigenvalue weighted by Crippen LogP contribution is -2.33. The van der Waals surface area contributed by atoms with Crippen LogP contribution >= 0.6 is 21.9 Å². The van der Waals surface area contributed by atoms with Crippen molar-refractivity contribution in [2.75, 3.05) is 18.5 Å². The van der Waals surface area contributed by atoms with Crippen molar-refractivity contribution in [1.82, 2.24) is 24.7 Å². The highest BCUT2D eigenvalue weighted by Crippen LogP contribution is 2.61. The molecule has 13 heteroatoms. The summed E-state index contributed by atoms with van der Waals surface area (Å²) < 4.78 is 13.7. The molecule has 1 amide bonds. The molecule has 1 aromatic carbocycles. The molecule has 0 aliphatic heterocycles. The SMILES string of the molecule is Cc1ccc(NC(=O)CCOC(C)COS(C(C)C)(C(C)C)C(C)C)nc1.N#Cc1cccc(Cl)c1-n1ncc2c(=O)[nH]cnc21. The number of carbonyl (C=O) groups is 1. The number of hydrogen-bond donors (Lipinski definition) is 2. The number of aryl methyl sites for hydroxylation is 1. The lowest BCUT2D eigenvalue weighted by molar-refractivity contribution is -0.117. The Bertz CT molecular complexity index is 1680. The van der Waals surface area contributed by atoms with Crippen molar-refractivity contribution in [3.63, 3.8) is 0 Å². The third-order valence-electron chi connectivity index (χ3n) is 7.32. The fraction of sp³-hybridized carbons (Fsp3) is 0.455. The molecular formula is C33H44ClN7O4S. The van der Waals surface area contributed by atoms with E-state index < -0.39 is 10.3 Å². The minimum atomic E-state index is -1.19. The first-order valence-electron chi connectivity index (χ1n) is 15.2. The van der Waals surface area contributed by atoms with Gasteiger partial charge in [-0.3, -0.25) is 9.59 Å². The van der Waals surface area contributed by atoms with E-state index in [-0.39, 0.29) is 17.6 Å². The molecule has 3 heterocycles. The van der Waals surface area contributed by atoms with Crippen LogP contribution in [0.4, 0.5) is 5.82 Å². The first-order valence-corrected chi connectivity index (χ1v) is 17.3. The Kier molecular flexibility index (Phi) is 13.3. The maximum atomic E-state index is 12.0. The number of nitrogens with zero attached hydrogens (tertiary/aromatic N) is 5. The summed E-state index contributed by atoms with van der Waals surface area (Å²) in [5.74, 6) is 0.479. The maximum absolute atomic E-state index is 12.0. The van der Waals surface area contributed by atoms with Crippen LogP contribution in [0.25, 0.3) is 16.7 Å². The molecule has 4 aromatic rings. The van der Waals surface area contributed by atoms with E-state index in [1.54, 1.807) is 30.5 Å². The molecule has 2 N–H and O–H groups in total. The summed E-state index contributed by atoms with van der Waals surface area (Å²) in [4.78, 5) is 34.3. The summed E-state index contributed by atoms with van der Waals surface area (Å²) in [6.45, 7) is 18.4. The number of benzene rings is 1. The number of carbonyl (C=O) groups excluding carboxylic acids is 1. The lowest BCUT2D eigenvalue weighted by Gasteiger charge is -2.50. The Morgan fingerprint density at radius 3 is 2.37 bits per heavy atom. The van der Waals surface area contributed by atoms with Gasteiger partial charge in [0.25, 0.3) is 5.56 Å². The molecule has 1 unspecified atom stereocenters. The third kappa shape index (κ3) is 8.94. The number of nitrogens with one attached hydrogen (secondary N) is 2. The van der Waals surface area contributed by atoms with E-state index in [4.69, 9.17) is 25.8 Å². The number of aromatic nitrogens is 5. The van der Waals surface area contributed by atoms with Crippen molar-refractivity contribution in [1.29, 1.82) is 5.26 Å². The number of ether oxygens (including phenoxy) is 1. The molecule has 0 fully saturated rings. The normalized spacial score (nSPS) is 12.6. The Morgan fingerprint density at radius 1 is 1.07 bits per heavy atom. The Balaban J connectivity index is 0.000000264. The number of H-pyrrole nitrogens is 1. The van der Waals surface area contributed by atoms with E-state index in [0.29, 0.717) is 68.5 Å². The molecule has 3 aromatic heterocycles. The zero-order chi connectivity index (χ0) is 34.0. The summed E-state index contributed by atoms with van der Waals surface area (Å²) in [6, 6.07) is 10.7. The number of fused-ring (bicyclic) bond motifs is 1. The number of pyridine rings is 1. The number of para-hydroxylation sites is 1. The maximum Gasteiger partial charge on any atom is 0.261 e. The van der Waals surface area contributed by atoms with E-state index in [1.165, 1.54) is 17.2 Å². The van der Waals surface area contributed by atoms with Crippen LogP contribution in [0.3, 0.4) is 0 Å². The third-order valence-corrected chi connectivity index (χ3v) is 12.6. The van der Waals surface area contributed by atoms with Crippen LogP contribution in [-0.4, -0.2) is 65.7 Å². The molecule has 4 rings (SSSR count). The van der Waals surface area contributed by atoms with Crippen LogP contribution in [-0.2, 0) is 13.7 Å². The lowest BCUT2D eigenvalue weighted by atomic mass is 10.2. The van der Waals surface area contributed by atoms with Gasteiger partial charge in [-0.1, -0.05) is 65.3 Å². The van der Waals surface area contributed by atoms with Crippen LogP contribution in [0.2, 0.25) is 5.02 Å². The minimum absolute atomic E-state index is 0.0431. The molecule has 0 spiro atoms. The average molecular weight is 670 g/mol. The van der Waals surface area contributed by atoms with Gasteiger partial charge >= 0.3 is 0 Å². The summed E-state index contributed by atoms with van der Waals surface area (Å²) in [5.41, 5.74) is 1.90. The van der Waals surface area contributed by atoms with Crippen LogP contribution in [0, 0.1) is 18.3 Å². The van der Waals surface area contributed by atoms with Gasteiger partial charge in [-0.05, 0) is 37.6 Å². The van der Waals surface area contributed by atoms with Gasteiger partial charge in [-0.2, -0.15) is 10.4 Å². The van der Waals surface area contributed by atoms with Gasteiger partial charge in [0, 0.05) is 21.9 Å². The standard InChI is InChI=1S/C21H38N2O3S.C12H6ClN5O/c1-15(2)27(16(3)4,17(5)6)26-14-19(8)25-12-11-21(24)23-20-10-9-18(7)13-22-20;13-9-3-1-2-7(4-14)10(9)18-11-8(5-17-18)12(19)16-6-15-11/h9-10,13,15-17,19H,11-12,14H2,1-8H3,(H,22,23,24);1-3,5-6H,(H,15,16,19). The van der Waals surface area contributed by atoms with Crippen LogP contribution in [0.1, 0.15) is 66.0 Å². The van der Waals surface area contributed by atoms with Crippen molar-refractivity contribution in [3.05, 3.63) is 75.6 Å². The summed E-state index contributed by atoms with van der Waals surface area (Å²) in [6.07, 6.45) is 4.67. The zero-order valence-electron chi connectivity index (χ0n) is 27.7. The first kappa shape index (κ1) is 36.7. The van der Waals surface area contributed by atoms with Crippen molar-refractivity contribution < 1.29 is 13.7 Å². The van der Waals surface area contributed by atoms with Gasteiger partial charge < -0.3 is 19.2 Å². The van der Waals surface area contributed by atoms with E-state index in [2.05, 4.69) is 66.9 Å². The number of nitriles is 1. The number of rotatable bonds is 12. The highest BCUT2D eigenvalue weighted by atomic mass is 35.5. The molecule has 0 bridgehead atoms. The molecule has 0 saturated carbocycles. The topological polar surface area (TPSA) is 148 Å². The van der Waals surface area contributed by atoms with Crippen molar-refractivity contribution in [2.45, 2.75) is 83.7 Å². The molecule has 0 radical (unpaired) electrons. The number of hydrogen-bond acceptors (Lipinski definition) is 8. The molecule has 1 atom stereocenters. The van der Waals surface area contributed by atoms with Crippen LogP contribution in [0.5, 0.6) is 0 Å². The van der Waals surface area contributed by atoms with Gasteiger partial charge in [-0.15, -0.1) is 10.3 Å².